The predicted molar refractivity (Wildman–Crippen MR) is 112 cm³/mol. The summed E-state index contributed by atoms with van der Waals surface area (Å²) in [5.41, 5.74) is 0.317. The number of benzene rings is 1. The van der Waals surface area contributed by atoms with E-state index >= 15 is 0 Å². The second-order valence-corrected chi connectivity index (χ2v) is 8.82. The number of hydrogen-bond acceptors (Lipinski definition) is 1. The van der Waals surface area contributed by atoms with Crippen molar-refractivity contribution in [3.05, 3.63) is 35.4 Å². The number of allylic oxidation sites excluding steroid dienone is 1. The molecule has 0 saturated heterocycles. The molecule has 0 radical (unpaired) electrons. The first-order valence-corrected chi connectivity index (χ1v) is 11.4. The molecule has 0 aliphatic heterocycles. The minimum Gasteiger partial charge on any atom is -0.491 e. The lowest BCUT2D eigenvalue weighted by Gasteiger charge is -2.37. The highest BCUT2D eigenvalue weighted by atomic mass is 19.2. The second kappa shape index (κ2) is 10.4. The van der Waals surface area contributed by atoms with Crippen LogP contribution >= 0.6 is 0 Å². The lowest BCUT2D eigenvalue weighted by Crippen LogP contribution is -2.25. The van der Waals surface area contributed by atoms with Crippen LogP contribution in [0.3, 0.4) is 0 Å². The molecule has 0 bridgehead atoms. The van der Waals surface area contributed by atoms with Crippen LogP contribution in [-0.4, -0.2) is 6.61 Å². The van der Waals surface area contributed by atoms with Gasteiger partial charge in [-0.2, -0.15) is 4.39 Å². The van der Waals surface area contributed by atoms with Crippen molar-refractivity contribution in [2.75, 3.05) is 6.61 Å². The molecule has 2 saturated carbocycles. The van der Waals surface area contributed by atoms with Gasteiger partial charge in [-0.15, -0.1) is 0 Å². The van der Waals surface area contributed by atoms with Crippen LogP contribution in [-0.2, 0) is 0 Å². The maximum atomic E-state index is 14.2. The monoisotopic (exact) mass is 390 g/mol. The zero-order valence-electron chi connectivity index (χ0n) is 17.6. The third-order valence-corrected chi connectivity index (χ3v) is 7.00. The molecule has 0 unspecified atom stereocenters. The van der Waals surface area contributed by atoms with E-state index in [2.05, 4.69) is 13.0 Å². The second-order valence-electron chi connectivity index (χ2n) is 8.82. The Kier molecular flexibility index (Phi) is 7.93. The Labute approximate surface area is 169 Å². The zero-order valence-corrected chi connectivity index (χ0v) is 17.6. The van der Waals surface area contributed by atoms with Crippen molar-refractivity contribution in [3.8, 4) is 5.75 Å². The summed E-state index contributed by atoms with van der Waals surface area (Å²) in [6.07, 6.45) is 17.2. The van der Waals surface area contributed by atoms with Crippen molar-refractivity contribution in [1.29, 1.82) is 0 Å². The van der Waals surface area contributed by atoms with Crippen molar-refractivity contribution in [2.24, 2.45) is 23.7 Å². The third-order valence-electron chi connectivity index (χ3n) is 7.00. The number of rotatable bonds is 7. The van der Waals surface area contributed by atoms with Gasteiger partial charge in [0.1, 0.15) is 0 Å². The summed E-state index contributed by atoms with van der Waals surface area (Å²) in [5.74, 6) is 1.58. The van der Waals surface area contributed by atoms with Gasteiger partial charge in [-0.1, -0.05) is 44.8 Å². The third kappa shape index (κ3) is 5.36. The van der Waals surface area contributed by atoms with E-state index in [0.717, 1.165) is 17.8 Å². The molecule has 0 spiro atoms. The first-order chi connectivity index (χ1) is 13.6. The summed E-state index contributed by atoms with van der Waals surface area (Å²) in [5, 5.41) is 0. The molecule has 2 fully saturated rings. The van der Waals surface area contributed by atoms with Gasteiger partial charge in [0.05, 0.1) is 6.61 Å². The Bertz CT molecular complexity index is 638. The van der Waals surface area contributed by atoms with Gasteiger partial charge in [0.2, 0.25) is 5.82 Å². The molecule has 0 N–H and O–H groups in total. The Morgan fingerprint density at radius 2 is 1.54 bits per heavy atom. The number of halogens is 2. The lowest BCUT2D eigenvalue weighted by molar-refractivity contribution is 0.152. The van der Waals surface area contributed by atoms with Crippen molar-refractivity contribution in [1.82, 2.24) is 0 Å². The molecule has 0 atom stereocenters. The minimum absolute atomic E-state index is 0.00804. The summed E-state index contributed by atoms with van der Waals surface area (Å²) in [6.45, 7) is 4.39. The summed E-state index contributed by atoms with van der Waals surface area (Å²) in [4.78, 5) is 0. The van der Waals surface area contributed by atoms with Crippen LogP contribution in [0, 0.1) is 35.3 Å². The average molecular weight is 391 g/mol. The quantitative estimate of drug-likeness (QED) is 0.461. The number of ether oxygens (including phenoxy) is 1. The molecule has 1 aromatic carbocycles. The summed E-state index contributed by atoms with van der Waals surface area (Å²) < 4.78 is 33.4. The van der Waals surface area contributed by atoms with Crippen LogP contribution in [0.25, 0.3) is 6.08 Å². The standard InChI is InChI=1S/C25H36F2O/c1-3-5-18-6-11-20(12-7-18)21-13-8-19(9-14-21)10-15-22-16-17-23(28-4-2)25(27)24(22)26/h10,15-21H,3-9,11-14H2,1-2H3/b15-10+. The molecule has 2 aliphatic carbocycles. The first-order valence-electron chi connectivity index (χ1n) is 11.4. The Morgan fingerprint density at radius 1 is 0.893 bits per heavy atom. The van der Waals surface area contributed by atoms with E-state index in [-0.39, 0.29) is 5.75 Å². The van der Waals surface area contributed by atoms with Crippen LogP contribution in [0.4, 0.5) is 8.78 Å². The van der Waals surface area contributed by atoms with Gasteiger partial charge in [-0.05, 0) is 81.3 Å². The average Bonchev–Trinajstić information content (AvgIpc) is 2.72. The molecule has 28 heavy (non-hydrogen) atoms. The van der Waals surface area contributed by atoms with Gasteiger partial charge >= 0.3 is 0 Å². The van der Waals surface area contributed by atoms with Crippen molar-refractivity contribution >= 4 is 6.08 Å². The largest absolute Gasteiger partial charge is 0.491 e. The predicted octanol–water partition coefficient (Wildman–Crippen LogP) is 7.79. The minimum atomic E-state index is -0.883. The van der Waals surface area contributed by atoms with Gasteiger partial charge < -0.3 is 4.74 Å². The van der Waals surface area contributed by atoms with Gasteiger partial charge in [0.25, 0.3) is 0 Å². The van der Waals surface area contributed by atoms with Crippen LogP contribution in [0.2, 0.25) is 0 Å². The van der Waals surface area contributed by atoms with Gasteiger partial charge in [0.15, 0.2) is 11.6 Å². The Balaban J connectivity index is 1.49. The fourth-order valence-electron chi connectivity index (χ4n) is 5.35. The molecule has 3 rings (SSSR count). The van der Waals surface area contributed by atoms with Crippen LogP contribution < -0.4 is 4.74 Å². The molecular weight excluding hydrogens is 354 g/mol. The maximum Gasteiger partial charge on any atom is 0.201 e. The number of hydrogen-bond donors (Lipinski definition) is 0. The molecule has 1 aromatic rings. The van der Waals surface area contributed by atoms with Crippen LogP contribution in [0.5, 0.6) is 5.75 Å². The van der Waals surface area contributed by atoms with E-state index in [1.807, 2.05) is 0 Å². The normalized spacial score (nSPS) is 28.6. The molecule has 2 aliphatic rings. The van der Waals surface area contributed by atoms with E-state index in [1.165, 1.54) is 70.3 Å². The highest BCUT2D eigenvalue weighted by Crippen LogP contribution is 2.42. The fourth-order valence-corrected chi connectivity index (χ4v) is 5.35. The highest BCUT2D eigenvalue weighted by molar-refractivity contribution is 5.52. The van der Waals surface area contributed by atoms with Crippen molar-refractivity contribution in [3.63, 3.8) is 0 Å². The summed E-state index contributed by atoms with van der Waals surface area (Å²) in [7, 11) is 0. The molecule has 0 amide bonds. The van der Waals surface area contributed by atoms with Gasteiger partial charge in [0, 0.05) is 5.56 Å². The Hall–Kier alpha value is -1.38. The van der Waals surface area contributed by atoms with Crippen molar-refractivity contribution in [2.45, 2.75) is 78.1 Å². The fraction of sp³-hybridized carbons (Fsp3) is 0.680. The molecule has 1 nitrogen and oxygen atoms in total. The SMILES string of the molecule is CCCC1CCC(C2CCC(/C=C/c3ccc(OCC)c(F)c3F)CC2)CC1. The molecular formula is C25H36F2O. The first kappa shape index (κ1) is 21.3. The van der Waals surface area contributed by atoms with E-state index < -0.39 is 11.6 Å². The van der Waals surface area contributed by atoms with E-state index in [1.54, 1.807) is 19.1 Å². The van der Waals surface area contributed by atoms with Crippen LogP contribution in [0.15, 0.2) is 18.2 Å². The van der Waals surface area contributed by atoms with E-state index in [4.69, 9.17) is 4.74 Å². The van der Waals surface area contributed by atoms with Gasteiger partial charge in [-0.25, -0.2) is 4.39 Å². The van der Waals surface area contributed by atoms with E-state index in [9.17, 15) is 8.78 Å². The Morgan fingerprint density at radius 3 is 2.14 bits per heavy atom. The smallest absolute Gasteiger partial charge is 0.201 e. The van der Waals surface area contributed by atoms with Crippen LogP contribution in [0.1, 0.15) is 83.6 Å². The molecule has 0 aromatic heterocycles. The maximum absolute atomic E-state index is 14.2. The molecule has 156 valence electrons. The van der Waals surface area contributed by atoms with E-state index in [0.29, 0.717) is 18.1 Å². The van der Waals surface area contributed by atoms with Crippen molar-refractivity contribution < 1.29 is 13.5 Å². The summed E-state index contributed by atoms with van der Waals surface area (Å²) in [6, 6.07) is 3.13. The molecule has 3 heteroatoms. The summed E-state index contributed by atoms with van der Waals surface area (Å²) >= 11 is 0. The zero-order chi connectivity index (χ0) is 19.9. The highest BCUT2D eigenvalue weighted by Gasteiger charge is 2.30. The topological polar surface area (TPSA) is 9.23 Å². The van der Waals surface area contributed by atoms with Gasteiger partial charge in [-0.3, -0.25) is 0 Å². The molecule has 0 heterocycles. The lowest BCUT2D eigenvalue weighted by atomic mass is 9.68.